The van der Waals surface area contributed by atoms with Crippen molar-refractivity contribution in [1.29, 1.82) is 0 Å². The van der Waals surface area contributed by atoms with Gasteiger partial charge in [-0.3, -0.25) is 0 Å². The first-order chi connectivity index (χ1) is 9.69. The van der Waals surface area contributed by atoms with Gasteiger partial charge in [0.15, 0.2) is 0 Å². The highest BCUT2D eigenvalue weighted by Gasteiger charge is 2.20. The second-order valence-corrected chi connectivity index (χ2v) is 6.52. The minimum absolute atomic E-state index is 0.228. The fourth-order valence-electron chi connectivity index (χ4n) is 3.27. The molecule has 0 amide bonds. The summed E-state index contributed by atoms with van der Waals surface area (Å²) in [7, 11) is 0. The summed E-state index contributed by atoms with van der Waals surface area (Å²) in [6, 6.07) is 9.16. The molecule has 1 aromatic carbocycles. The van der Waals surface area contributed by atoms with Crippen LogP contribution in [0.5, 0.6) is 0 Å². The van der Waals surface area contributed by atoms with Crippen LogP contribution in [0.4, 0.5) is 5.69 Å². The summed E-state index contributed by atoms with van der Waals surface area (Å²) >= 11 is 0. The first-order valence-corrected chi connectivity index (χ1v) is 8.15. The zero-order valence-corrected chi connectivity index (χ0v) is 12.9. The maximum absolute atomic E-state index is 8.94. The van der Waals surface area contributed by atoms with Gasteiger partial charge in [0.1, 0.15) is 0 Å². The van der Waals surface area contributed by atoms with Gasteiger partial charge in [-0.2, -0.15) is 0 Å². The van der Waals surface area contributed by atoms with Gasteiger partial charge in [0, 0.05) is 18.3 Å². The SMILES string of the molecule is CC(C)C1CCCC(Nc2ccc(CCO)cc2)CC1. The van der Waals surface area contributed by atoms with Crippen LogP contribution in [-0.2, 0) is 6.42 Å². The molecule has 20 heavy (non-hydrogen) atoms. The highest BCUT2D eigenvalue weighted by atomic mass is 16.2. The molecular formula is C18H29NO. The van der Waals surface area contributed by atoms with Gasteiger partial charge in [-0.25, -0.2) is 0 Å². The van der Waals surface area contributed by atoms with Gasteiger partial charge < -0.3 is 10.4 Å². The molecule has 1 aromatic rings. The van der Waals surface area contributed by atoms with E-state index in [9.17, 15) is 0 Å². The number of hydrogen-bond acceptors (Lipinski definition) is 2. The van der Waals surface area contributed by atoms with Crippen molar-refractivity contribution in [2.45, 2.75) is 58.4 Å². The second-order valence-electron chi connectivity index (χ2n) is 6.52. The third-order valence-electron chi connectivity index (χ3n) is 4.68. The molecule has 1 saturated carbocycles. The Bertz CT molecular complexity index is 385. The Balaban J connectivity index is 1.86. The topological polar surface area (TPSA) is 32.3 Å². The molecule has 0 bridgehead atoms. The van der Waals surface area contributed by atoms with E-state index >= 15 is 0 Å². The Morgan fingerprint density at radius 2 is 1.85 bits per heavy atom. The molecule has 0 spiro atoms. The first-order valence-electron chi connectivity index (χ1n) is 8.15. The summed E-state index contributed by atoms with van der Waals surface area (Å²) in [5.74, 6) is 1.74. The van der Waals surface area contributed by atoms with Gasteiger partial charge in [-0.1, -0.05) is 38.8 Å². The standard InChI is InChI=1S/C18H29NO/c1-14(2)16-4-3-5-17(11-8-16)19-18-9-6-15(7-10-18)12-13-20/h6-7,9-10,14,16-17,19-20H,3-5,8,11-13H2,1-2H3. The smallest absolute Gasteiger partial charge is 0.0471 e. The number of nitrogens with one attached hydrogen (secondary N) is 1. The largest absolute Gasteiger partial charge is 0.396 e. The van der Waals surface area contributed by atoms with Gasteiger partial charge >= 0.3 is 0 Å². The molecule has 1 aliphatic carbocycles. The van der Waals surface area contributed by atoms with Crippen molar-refractivity contribution < 1.29 is 5.11 Å². The molecule has 1 fully saturated rings. The van der Waals surface area contributed by atoms with Gasteiger partial charge in [0.2, 0.25) is 0 Å². The van der Waals surface area contributed by atoms with Crippen molar-refractivity contribution in [2.24, 2.45) is 11.8 Å². The third-order valence-corrected chi connectivity index (χ3v) is 4.68. The van der Waals surface area contributed by atoms with E-state index in [0.717, 1.165) is 18.3 Å². The van der Waals surface area contributed by atoms with Crippen LogP contribution >= 0.6 is 0 Å². The summed E-state index contributed by atoms with van der Waals surface area (Å²) in [5.41, 5.74) is 2.43. The first kappa shape index (κ1) is 15.4. The Kier molecular flexibility index (Phi) is 5.90. The minimum atomic E-state index is 0.228. The highest BCUT2D eigenvalue weighted by Crippen LogP contribution is 2.30. The molecule has 0 heterocycles. The van der Waals surface area contributed by atoms with Crippen molar-refractivity contribution in [2.75, 3.05) is 11.9 Å². The van der Waals surface area contributed by atoms with Crippen LogP contribution in [0.15, 0.2) is 24.3 Å². The average Bonchev–Trinajstić information content (AvgIpc) is 2.67. The lowest BCUT2D eigenvalue weighted by Crippen LogP contribution is -2.18. The molecule has 2 N–H and O–H groups in total. The zero-order chi connectivity index (χ0) is 14.4. The van der Waals surface area contributed by atoms with Crippen molar-refractivity contribution in [3.05, 3.63) is 29.8 Å². The lowest BCUT2D eigenvalue weighted by molar-refractivity contribution is 0.299. The van der Waals surface area contributed by atoms with E-state index in [1.165, 1.54) is 43.4 Å². The second kappa shape index (κ2) is 7.68. The molecule has 2 heteroatoms. The van der Waals surface area contributed by atoms with Gasteiger partial charge in [0.05, 0.1) is 0 Å². The van der Waals surface area contributed by atoms with Crippen LogP contribution in [0.1, 0.15) is 51.5 Å². The monoisotopic (exact) mass is 275 g/mol. The van der Waals surface area contributed by atoms with E-state index < -0.39 is 0 Å². The van der Waals surface area contributed by atoms with Crippen LogP contribution in [0.3, 0.4) is 0 Å². The Morgan fingerprint density at radius 1 is 1.10 bits per heavy atom. The van der Waals surface area contributed by atoms with E-state index in [-0.39, 0.29) is 6.61 Å². The number of aliphatic hydroxyl groups excluding tert-OH is 1. The third kappa shape index (κ3) is 4.52. The van der Waals surface area contributed by atoms with Crippen LogP contribution in [-0.4, -0.2) is 17.8 Å². The van der Waals surface area contributed by atoms with Gasteiger partial charge in [-0.05, 0) is 55.2 Å². The Labute approximate surface area is 123 Å². The number of aliphatic hydroxyl groups is 1. The maximum atomic E-state index is 8.94. The van der Waals surface area contributed by atoms with Crippen LogP contribution in [0, 0.1) is 11.8 Å². The van der Waals surface area contributed by atoms with Crippen molar-refractivity contribution >= 4 is 5.69 Å². The van der Waals surface area contributed by atoms with E-state index in [4.69, 9.17) is 5.11 Å². The molecule has 1 aliphatic rings. The summed E-state index contributed by atoms with van der Waals surface area (Å²) in [5, 5.41) is 12.6. The van der Waals surface area contributed by atoms with E-state index in [1.807, 2.05) is 0 Å². The molecule has 2 rings (SSSR count). The summed E-state index contributed by atoms with van der Waals surface area (Å²) in [6.07, 6.45) is 7.44. The molecule has 2 nitrogen and oxygen atoms in total. The lowest BCUT2D eigenvalue weighted by atomic mass is 9.89. The van der Waals surface area contributed by atoms with Crippen LogP contribution in [0.2, 0.25) is 0 Å². The highest BCUT2D eigenvalue weighted by molar-refractivity contribution is 5.45. The average molecular weight is 275 g/mol. The van der Waals surface area contributed by atoms with Crippen molar-refractivity contribution in [3.8, 4) is 0 Å². The summed E-state index contributed by atoms with van der Waals surface area (Å²) < 4.78 is 0. The van der Waals surface area contributed by atoms with E-state index in [1.54, 1.807) is 0 Å². The van der Waals surface area contributed by atoms with Gasteiger partial charge in [0.25, 0.3) is 0 Å². The number of hydrogen-bond donors (Lipinski definition) is 2. The molecule has 2 atom stereocenters. The minimum Gasteiger partial charge on any atom is -0.396 e. The zero-order valence-electron chi connectivity index (χ0n) is 12.9. The molecule has 112 valence electrons. The van der Waals surface area contributed by atoms with Crippen LogP contribution in [0.25, 0.3) is 0 Å². The van der Waals surface area contributed by atoms with Gasteiger partial charge in [-0.15, -0.1) is 0 Å². The molecule has 0 radical (unpaired) electrons. The lowest BCUT2D eigenvalue weighted by Gasteiger charge is -2.20. The Hall–Kier alpha value is -1.02. The molecule has 2 unspecified atom stereocenters. The number of anilines is 1. The maximum Gasteiger partial charge on any atom is 0.0471 e. The molecule has 0 aliphatic heterocycles. The number of rotatable bonds is 5. The summed E-state index contributed by atoms with van der Waals surface area (Å²) in [6.45, 7) is 4.95. The van der Waals surface area contributed by atoms with E-state index in [2.05, 4.69) is 43.4 Å². The Morgan fingerprint density at radius 3 is 2.50 bits per heavy atom. The van der Waals surface area contributed by atoms with Crippen LogP contribution < -0.4 is 5.32 Å². The molecular weight excluding hydrogens is 246 g/mol. The fourth-order valence-corrected chi connectivity index (χ4v) is 3.27. The predicted molar refractivity (Wildman–Crippen MR) is 86.1 cm³/mol. The summed E-state index contributed by atoms with van der Waals surface area (Å²) in [4.78, 5) is 0. The molecule has 0 aromatic heterocycles. The van der Waals surface area contributed by atoms with E-state index in [0.29, 0.717) is 6.04 Å². The predicted octanol–water partition coefficient (Wildman–Crippen LogP) is 4.24. The van der Waals surface area contributed by atoms with Crippen molar-refractivity contribution in [3.63, 3.8) is 0 Å². The van der Waals surface area contributed by atoms with Crippen molar-refractivity contribution in [1.82, 2.24) is 0 Å². The normalized spacial score (nSPS) is 23.6. The fraction of sp³-hybridized carbons (Fsp3) is 0.667. The number of benzene rings is 1. The quantitative estimate of drug-likeness (QED) is 0.788. The molecule has 0 saturated heterocycles.